The zero-order valence-electron chi connectivity index (χ0n) is 16.0. The van der Waals surface area contributed by atoms with E-state index in [-0.39, 0.29) is 29.6 Å². The maximum Gasteiger partial charge on any atom is 0.259 e. The summed E-state index contributed by atoms with van der Waals surface area (Å²) in [5.41, 5.74) is 0.0583. The highest BCUT2D eigenvalue weighted by Crippen LogP contribution is 2.29. The van der Waals surface area contributed by atoms with Crippen LogP contribution in [-0.4, -0.2) is 44.8 Å². The third kappa shape index (κ3) is 4.99. The van der Waals surface area contributed by atoms with Crippen LogP contribution in [0.5, 0.6) is 5.75 Å². The van der Waals surface area contributed by atoms with Crippen molar-refractivity contribution in [3.05, 3.63) is 53.3 Å². The van der Waals surface area contributed by atoms with Crippen LogP contribution in [0.4, 0.5) is 0 Å². The Morgan fingerprint density at radius 2 is 1.82 bits per heavy atom. The van der Waals surface area contributed by atoms with Crippen molar-refractivity contribution >= 4 is 11.7 Å². The van der Waals surface area contributed by atoms with E-state index in [1.807, 2.05) is 13.0 Å². The standard InChI is InChI=1S/C21H27NO6/c1-12(5-3-4-10-23)11-13(2)18(25)16-20(27)17(22-21(16)28)19(26)14-6-8-15(24)9-7-14/h3-4,6-9,12-13,17,19,23-26H,5,10-11H2,1-2H3,(H,22,28)/b4-3+,18-16-. The summed E-state index contributed by atoms with van der Waals surface area (Å²) in [6.07, 6.45) is 3.45. The van der Waals surface area contributed by atoms with Crippen LogP contribution in [0, 0.1) is 11.8 Å². The molecule has 2 rings (SSSR count). The number of carbonyl (C=O) groups excluding carboxylic acids is 2. The molecule has 5 N–H and O–H groups in total. The van der Waals surface area contributed by atoms with Crippen molar-refractivity contribution in [2.75, 3.05) is 6.61 Å². The summed E-state index contributed by atoms with van der Waals surface area (Å²) in [6, 6.07) is 4.49. The number of aromatic hydroxyl groups is 1. The number of carbonyl (C=O) groups is 2. The number of phenols is 1. The predicted molar refractivity (Wildman–Crippen MR) is 103 cm³/mol. The summed E-state index contributed by atoms with van der Waals surface area (Å²) >= 11 is 0. The van der Waals surface area contributed by atoms with Gasteiger partial charge in [0.05, 0.1) is 6.61 Å². The molecule has 152 valence electrons. The lowest BCUT2D eigenvalue weighted by molar-refractivity contribution is -0.118. The van der Waals surface area contributed by atoms with E-state index in [9.17, 15) is 24.9 Å². The van der Waals surface area contributed by atoms with Crippen LogP contribution in [0.15, 0.2) is 47.7 Å². The summed E-state index contributed by atoms with van der Waals surface area (Å²) in [5.74, 6) is -1.84. The number of allylic oxidation sites excluding steroid dienone is 2. The van der Waals surface area contributed by atoms with Crippen molar-refractivity contribution < 1.29 is 30.0 Å². The van der Waals surface area contributed by atoms with Crippen molar-refractivity contribution in [1.82, 2.24) is 5.32 Å². The molecule has 1 aliphatic rings. The predicted octanol–water partition coefficient (Wildman–Crippen LogP) is 1.91. The molecule has 1 aliphatic heterocycles. The molecular weight excluding hydrogens is 362 g/mol. The molecular formula is C21H27NO6. The highest BCUT2D eigenvalue weighted by Gasteiger charge is 2.43. The van der Waals surface area contributed by atoms with Crippen LogP contribution in [-0.2, 0) is 9.59 Å². The number of Topliss-reactive ketones (excluding diaryl/α,β-unsaturated/α-hetero) is 1. The minimum atomic E-state index is -1.29. The molecule has 0 spiro atoms. The molecule has 0 aromatic heterocycles. The fourth-order valence-electron chi connectivity index (χ4n) is 3.34. The van der Waals surface area contributed by atoms with Crippen LogP contribution in [0.1, 0.15) is 38.4 Å². The van der Waals surface area contributed by atoms with Gasteiger partial charge in [0.1, 0.15) is 29.2 Å². The van der Waals surface area contributed by atoms with Crippen LogP contribution in [0.25, 0.3) is 0 Å². The van der Waals surface area contributed by atoms with Crippen LogP contribution >= 0.6 is 0 Å². The number of aliphatic hydroxyl groups excluding tert-OH is 3. The zero-order chi connectivity index (χ0) is 20.8. The Hall–Kier alpha value is -2.64. The molecule has 0 radical (unpaired) electrons. The maximum absolute atomic E-state index is 12.7. The van der Waals surface area contributed by atoms with Crippen molar-refractivity contribution in [3.8, 4) is 5.75 Å². The molecule has 1 aromatic carbocycles. The molecule has 0 saturated carbocycles. The Labute approximate surface area is 164 Å². The molecule has 1 aromatic rings. The van der Waals surface area contributed by atoms with Crippen LogP contribution in [0.2, 0.25) is 0 Å². The Morgan fingerprint density at radius 3 is 2.43 bits per heavy atom. The number of aliphatic hydroxyl groups is 3. The minimum Gasteiger partial charge on any atom is -0.511 e. The third-order valence-corrected chi connectivity index (χ3v) is 4.88. The minimum absolute atomic E-state index is 0.0211. The van der Waals surface area contributed by atoms with E-state index in [4.69, 9.17) is 5.11 Å². The maximum atomic E-state index is 12.7. The van der Waals surface area contributed by atoms with Crippen LogP contribution in [0.3, 0.4) is 0 Å². The smallest absolute Gasteiger partial charge is 0.259 e. The summed E-state index contributed by atoms with van der Waals surface area (Å²) in [7, 11) is 0. The molecule has 1 heterocycles. The molecule has 0 aliphatic carbocycles. The van der Waals surface area contributed by atoms with E-state index in [0.717, 1.165) is 0 Å². The number of hydrogen-bond donors (Lipinski definition) is 5. The molecule has 4 unspecified atom stereocenters. The van der Waals surface area contributed by atoms with E-state index >= 15 is 0 Å². The monoisotopic (exact) mass is 389 g/mol. The van der Waals surface area contributed by atoms with Gasteiger partial charge in [-0.1, -0.05) is 38.1 Å². The molecule has 0 bridgehead atoms. The molecule has 1 amide bonds. The van der Waals surface area contributed by atoms with Gasteiger partial charge < -0.3 is 25.7 Å². The number of hydrogen-bond acceptors (Lipinski definition) is 6. The summed E-state index contributed by atoms with van der Waals surface area (Å²) in [5, 5.41) is 41.5. The van der Waals surface area contributed by atoms with Crippen molar-refractivity contribution in [2.24, 2.45) is 11.8 Å². The van der Waals surface area contributed by atoms with Gasteiger partial charge in [-0.05, 0) is 36.5 Å². The number of benzene rings is 1. The SMILES string of the molecule is CC(C/C=C/CO)CC(C)/C(O)=C1/C(=O)NC(C(O)c2ccc(O)cc2)C1=O. The summed E-state index contributed by atoms with van der Waals surface area (Å²) < 4.78 is 0. The van der Waals surface area contributed by atoms with Gasteiger partial charge in [0.25, 0.3) is 5.91 Å². The van der Waals surface area contributed by atoms with E-state index < -0.39 is 29.8 Å². The van der Waals surface area contributed by atoms with Gasteiger partial charge in [-0.25, -0.2) is 0 Å². The Bertz CT molecular complexity index is 768. The topological polar surface area (TPSA) is 127 Å². The van der Waals surface area contributed by atoms with Crippen molar-refractivity contribution in [2.45, 2.75) is 38.8 Å². The first kappa shape index (κ1) is 21.7. The fourth-order valence-corrected chi connectivity index (χ4v) is 3.34. The van der Waals surface area contributed by atoms with E-state index in [0.29, 0.717) is 18.4 Å². The summed E-state index contributed by atoms with van der Waals surface area (Å²) in [6.45, 7) is 3.68. The highest BCUT2D eigenvalue weighted by molar-refractivity contribution is 6.27. The van der Waals surface area contributed by atoms with Gasteiger partial charge in [-0.2, -0.15) is 0 Å². The lowest BCUT2D eigenvalue weighted by Crippen LogP contribution is -2.35. The second kappa shape index (κ2) is 9.52. The first-order valence-electron chi connectivity index (χ1n) is 9.27. The zero-order valence-corrected chi connectivity index (χ0v) is 16.0. The number of phenolic OH excluding ortho intramolecular Hbond substituents is 1. The largest absolute Gasteiger partial charge is 0.511 e. The van der Waals surface area contributed by atoms with E-state index in [1.54, 1.807) is 13.0 Å². The average Bonchev–Trinajstić information content (AvgIpc) is 2.95. The van der Waals surface area contributed by atoms with Gasteiger partial charge in [0.2, 0.25) is 0 Å². The first-order valence-corrected chi connectivity index (χ1v) is 9.27. The number of rotatable bonds is 8. The normalized spacial score (nSPS) is 22.2. The van der Waals surface area contributed by atoms with Crippen LogP contribution < -0.4 is 5.32 Å². The van der Waals surface area contributed by atoms with Gasteiger partial charge >= 0.3 is 0 Å². The van der Waals surface area contributed by atoms with E-state index in [1.165, 1.54) is 24.3 Å². The molecule has 7 heteroatoms. The quantitative estimate of drug-likeness (QED) is 0.200. The highest BCUT2D eigenvalue weighted by atomic mass is 16.3. The second-order valence-corrected chi connectivity index (χ2v) is 7.24. The Morgan fingerprint density at radius 1 is 1.18 bits per heavy atom. The lowest BCUT2D eigenvalue weighted by Gasteiger charge is -2.17. The number of nitrogens with one attached hydrogen (secondary N) is 1. The second-order valence-electron chi connectivity index (χ2n) is 7.24. The average molecular weight is 389 g/mol. The Balaban J connectivity index is 2.14. The van der Waals surface area contributed by atoms with Gasteiger partial charge in [0, 0.05) is 5.92 Å². The Kier molecular flexibility index (Phi) is 7.37. The molecule has 7 nitrogen and oxygen atoms in total. The van der Waals surface area contributed by atoms with Gasteiger partial charge in [-0.15, -0.1) is 0 Å². The molecule has 28 heavy (non-hydrogen) atoms. The lowest BCUT2D eigenvalue weighted by atomic mass is 9.90. The first-order chi connectivity index (χ1) is 13.3. The molecule has 4 atom stereocenters. The van der Waals surface area contributed by atoms with Gasteiger partial charge in [-0.3, -0.25) is 9.59 Å². The molecule has 1 saturated heterocycles. The number of ketones is 1. The number of amides is 1. The fraction of sp³-hybridized carbons (Fsp3) is 0.429. The summed E-state index contributed by atoms with van der Waals surface area (Å²) in [4.78, 5) is 25.0. The van der Waals surface area contributed by atoms with E-state index in [2.05, 4.69) is 5.32 Å². The third-order valence-electron chi connectivity index (χ3n) is 4.88. The van der Waals surface area contributed by atoms with Gasteiger partial charge in [0.15, 0.2) is 5.78 Å². The van der Waals surface area contributed by atoms with Crippen molar-refractivity contribution in [1.29, 1.82) is 0 Å². The van der Waals surface area contributed by atoms with Crippen molar-refractivity contribution in [3.63, 3.8) is 0 Å². The molecule has 1 fully saturated rings.